The van der Waals surface area contributed by atoms with Crippen LogP contribution in [0.15, 0.2) is 0 Å². The fraction of sp³-hybridized carbons (Fsp3) is 0.800. The maximum Gasteiger partial charge on any atom is 0.244 e. The Morgan fingerprint density at radius 3 is 2.57 bits per heavy atom. The number of hydrogen-bond donors (Lipinski definition) is 1. The summed E-state index contributed by atoms with van der Waals surface area (Å²) in [5, 5.41) is 7.61. The van der Waals surface area contributed by atoms with Gasteiger partial charge in [-0.25, -0.2) is 0 Å². The number of amidine groups is 1. The van der Waals surface area contributed by atoms with E-state index in [-0.39, 0.29) is 11.9 Å². The summed E-state index contributed by atoms with van der Waals surface area (Å²) in [5.74, 6) is 0.626. The summed E-state index contributed by atoms with van der Waals surface area (Å²) in [6, 6.07) is -0.101. The molecule has 1 N–H and O–H groups in total. The summed E-state index contributed by atoms with van der Waals surface area (Å²) in [6.07, 6.45) is 3.06. The van der Waals surface area contributed by atoms with E-state index in [0.717, 1.165) is 25.8 Å². The largest absolute Gasteiger partial charge is 0.349 e. The normalized spacial score (nSPS) is 21.9. The number of likely N-dealkylation sites (tertiary alicyclic amines) is 1. The zero-order valence-electron chi connectivity index (χ0n) is 9.21. The molecule has 0 spiro atoms. The molecular weight excluding hydrogens is 178 g/mol. The molecule has 0 aromatic carbocycles. The van der Waals surface area contributed by atoms with Crippen molar-refractivity contribution in [3.63, 3.8) is 0 Å². The quantitative estimate of drug-likeness (QED) is 0.502. The highest BCUT2D eigenvalue weighted by atomic mass is 16.2. The van der Waals surface area contributed by atoms with Gasteiger partial charge in [-0.05, 0) is 26.2 Å². The van der Waals surface area contributed by atoms with Crippen LogP contribution in [0.4, 0.5) is 0 Å². The summed E-state index contributed by atoms with van der Waals surface area (Å²) in [4.78, 5) is 15.3. The first kappa shape index (κ1) is 11.0. The number of nitrogens with one attached hydrogen (secondary N) is 1. The second-order valence-electron chi connectivity index (χ2n) is 4.02. The lowest BCUT2D eigenvalue weighted by Gasteiger charge is -2.36. The Balaban J connectivity index is 2.72. The van der Waals surface area contributed by atoms with Crippen LogP contribution in [0.3, 0.4) is 0 Å². The predicted octanol–water partition coefficient (Wildman–Crippen LogP) is 0.926. The Hall–Kier alpha value is -1.06. The Labute approximate surface area is 85.4 Å². The first-order valence-corrected chi connectivity index (χ1v) is 5.07. The van der Waals surface area contributed by atoms with E-state index < -0.39 is 0 Å². The van der Waals surface area contributed by atoms with Crippen LogP contribution in [0.1, 0.15) is 26.2 Å². The highest BCUT2D eigenvalue weighted by Gasteiger charge is 2.29. The summed E-state index contributed by atoms with van der Waals surface area (Å²) in [6.45, 7) is 2.60. The van der Waals surface area contributed by atoms with Crippen LogP contribution < -0.4 is 0 Å². The number of rotatable bonds is 1. The number of carbonyl (C=O) groups excluding carboxylic acids is 1. The fourth-order valence-corrected chi connectivity index (χ4v) is 1.89. The van der Waals surface area contributed by atoms with Crippen molar-refractivity contribution >= 4 is 11.7 Å². The minimum absolute atomic E-state index is 0.101. The number of nitrogens with zero attached hydrogens (tertiary/aromatic N) is 2. The molecule has 0 radical (unpaired) electrons. The van der Waals surface area contributed by atoms with Gasteiger partial charge in [0, 0.05) is 20.6 Å². The van der Waals surface area contributed by atoms with Crippen molar-refractivity contribution in [2.45, 2.75) is 32.2 Å². The molecule has 0 aromatic heterocycles. The van der Waals surface area contributed by atoms with Gasteiger partial charge in [0.2, 0.25) is 5.91 Å². The summed E-state index contributed by atoms with van der Waals surface area (Å²) in [7, 11) is 3.54. The van der Waals surface area contributed by atoms with Gasteiger partial charge in [0.15, 0.2) is 0 Å². The van der Waals surface area contributed by atoms with Crippen LogP contribution in [0.25, 0.3) is 0 Å². The van der Waals surface area contributed by atoms with Crippen LogP contribution in [0, 0.1) is 5.41 Å². The number of carbonyl (C=O) groups is 1. The van der Waals surface area contributed by atoms with E-state index in [2.05, 4.69) is 0 Å². The van der Waals surface area contributed by atoms with Crippen LogP contribution in [-0.2, 0) is 4.79 Å². The molecule has 0 bridgehead atoms. The van der Waals surface area contributed by atoms with E-state index >= 15 is 0 Å². The van der Waals surface area contributed by atoms with Crippen molar-refractivity contribution in [2.24, 2.45) is 0 Å². The van der Waals surface area contributed by atoms with E-state index in [0.29, 0.717) is 5.84 Å². The molecular formula is C10H19N3O. The van der Waals surface area contributed by atoms with E-state index in [4.69, 9.17) is 5.41 Å². The van der Waals surface area contributed by atoms with Crippen LogP contribution in [0.5, 0.6) is 0 Å². The van der Waals surface area contributed by atoms with Gasteiger partial charge in [0.1, 0.15) is 6.04 Å². The number of amides is 1. The van der Waals surface area contributed by atoms with Crippen LogP contribution in [-0.4, -0.2) is 48.2 Å². The topological polar surface area (TPSA) is 47.4 Å². The average molecular weight is 197 g/mol. The zero-order valence-corrected chi connectivity index (χ0v) is 9.21. The molecule has 1 heterocycles. The van der Waals surface area contributed by atoms with E-state index in [9.17, 15) is 4.79 Å². The van der Waals surface area contributed by atoms with Gasteiger partial charge in [0.05, 0.1) is 5.84 Å². The van der Waals surface area contributed by atoms with Gasteiger partial charge in [-0.2, -0.15) is 0 Å². The van der Waals surface area contributed by atoms with Gasteiger partial charge in [-0.15, -0.1) is 0 Å². The third kappa shape index (κ3) is 2.25. The molecule has 1 atom stereocenters. The van der Waals surface area contributed by atoms with Crippen LogP contribution >= 0.6 is 0 Å². The second kappa shape index (κ2) is 4.44. The fourth-order valence-electron chi connectivity index (χ4n) is 1.89. The van der Waals surface area contributed by atoms with Crippen LogP contribution in [0.2, 0.25) is 0 Å². The Bertz CT molecular complexity index is 238. The van der Waals surface area contributed by atoms with Crippen molar-refractivity contribution in [3.8, 4) is 0 Å². The van der Waals surface area contributed by atoms with Crippen molar-refractivity contribution in [1.29, 1.82) is 5.41 Å². The van der Waals surface area contributed by atoms with E-state index in [1.807, 2.05) is 4.90 Å². The molecule has 1 saturated heterocycles. The molecule has 1 unspecified atom stereocenters. The SMILES string of the molecule is CC(=N)N1CCCCC1C(=O)N(C)C. The van der Waals surface area contributed by atoms with E-state index in [1.165, 1.54) is 0 Å². The average Bonchev–Trinajstić information content (AvgIpc) is 2.16. The van der Waals surface area contributed by atoms with Crippen molar-refractivity contribution in [3.05, 3.63) is 0 Å². The smallest absolute Gasteiger partial charge is 0.244 e. The molecule has 4 nitrogen and oxygen atoms in total. The number of hydrogen-bond acceptors (Lipinski definition) is 2. The molecule has 1 aliphatic heterocycles. The summed E-state index contributed by atoms with van der Waals surface area (Å²) >= 11 is 0. The van der Waals surface area contributed by atoms with Crippen molar-refractivity contribution < 1.29 is 4.79 Å². The Morgan fingerprint density at radius 2 is 2.07 bits per heavy atom. The molecule has 80 valence electrons. The van der Waals surface area contributed by atoms with Gasteiger partial charge >= 0.3 is 0 Å². The lowest BCUT2D eigenvalue weighted by molar-refractivity contribution is -0.134. The highest BCUT2D eigenvalue weighted by Crippen LogP contribution is 2.18. The van der Waals surface area contributed by atoms with E-state index in [1.54, 1.807) is 25.9 Å². The molecule has 0 aromatic rings. The monoisotopic (exact) mass is 197 g/mol. The van der Waals surface area contributed by atoms with Gasteiger partial charge in [0.25, 0.3) is 0 Å². The minimum atomic E-state index is -0.101. The molecule has 1 amide bonds. The Morgan fingerprint density at radius 1 is 1.43 bits per heavy atom. The minimum Gasteiger partial charge on any atom is -0.349 e. The molecule has 14 heavy (non-hydrogen) atoms. The first-order valence-electron chi connectivity index (χ1n) is 5.07. The first-order chi connectivity index (χ1) is 6.54. The highest BCUT2D eigenvalue weighted by molar-refractivity contribution is 5.87. The molecule has 1 fully saturated rings. The second-order valence-corrected chi connectivity index (χ2v) is 4.02. The standard InChI is InChI=1S/C10H19N3O/c1-8(11)13-7-5-4-6-9(13)10(14)12(2)3/h9,11H,4-7H2,1-3H3. The van der Waals surface area contributed by atoms with Gasteiger partial charge < -0.3 is 9.80 Å². The van der Waals surface area contributed by atoms with Gasteiger partial charge in [-0.1, -0.05) is 0 Å². The molecule has 1 rings (SSSR count). The Kier molecular flexibility index (Phi) is 3.49. The zero-order chi connectivity index (χ0) is 10.7. The van der Waals surface area contributed by atoms with Crippen molar-refractivity contribution in [1.82, 2.24) is 9.80 Å². The summed E-state index contributed by atoms with van der Waals surface area (Å²) < 4.78 is 0. The molecule has 0 aliphatic carbocycles. The number of piperidine rings is 1. The summed E-state index contributed by atoms with van der Waals surface area (Å²) in [5.41, 5.74) is 0. The molecule has 1 aliphatic rings. The third-order valence-electron chi connectivity index (χ3n) is 2.66. The molecule has 0 saturated carbocycles. The predicted molar refractivity (Wildman–Crippen MR) is 56.4 cm³/mol. The van der Waals surface area contributed by atoms with Gasteiger partial charge in [-0.3, -0.25) is 10.2 Å². The molecule has 4 heteroatoms. The maximum atomic E-state index is 11.8. The number of likely N-dealkylation sites (N-methyl/N-ethyl adjacent to an activating group) is 1. The van der Waals surface area contributed by atoms with Crippen molar-refractivity contribution in [2.75, 3.05) is 20.6 Å². The lowest BCUT2D eigenvalue weighted by Crippen LogP contribution is -2.50. The lowest BCUT2D eigenvalue weighted by atomic mass is 10.0. The third-order valence-corrected chi connectivity index (χ3v) is 2.66. The maximum absolute atomic E-state index is 11.8.